The molecule has 2 heterocycles. The fraction of sp³-hybridized carbons (Fsp3) is 0.647. The third-order valence-electron chi connectivity index (χ3n) is 5.00. The Bertz CT molecular complexity index is 413. The summed E-state index contributed by atoms with van der Waals surface area (Å²) in [5.41, 5.74) is 1.23. The predicted molar refractivity (Wildman–Crippen MR) is 94.5 cm³/mol. The molecule has 2 nitrogen and oxygen atoms in total. The molecule has 0 spiro atoms. The molecule has 1 aromatic carbocycles. The van der Waals surface area contributed by atoms with Crippen LogP contribution in [0.3, 0.4) is 0 Å². The molecule has 1 N–H and O–H groups in total. The molecule has 1 aromatic rings. The number of hydrogen-bond acceptors (Lipinski definition) is 2. The van der Waals surface area contributed by atoms with Crippen LogP contribution in [-0.4, -0.2) is 31.1 Å². The molecule has 0 amide bonds. The molecule has 0 saturated carbocycles. The van der Waals surface area contributed by atoms with Gasteiger partial charge in [-0.05, 0) is 81.4 Å². The van der Waals surface area contributed by atoms with Crippen molar-refractivity contribution in [2.75, 3.05) is 26.2 Å². The average Bonchev–Trinajstić information content (AvgIpc) is 2.51. The molecule has 0 radical (unpaired) electrons. The van der Waals surface area contributed by atoms with Gasteiger partial charge in [0.05, 0.1) is 0 Å². The maximum absolute atomic E-state index is 12.9. The highest BCUT2D eigenvalue weighted by Crippen LogP contribution is 2.31. The molecule has 3 rings (SSSR count). The monoisotopic (exact) mass is 348 g/mol. The fourth-order valence-electron chi connectivity index (χ4n) is 3.75. The van der Waals surface area contributed by atoms with Crippen LogP contribution >= 0.6 is 24.8 Å². The van der Waals surface area contributed by atoms with E-state index in [9.17, 15) is 4.39 Å². The van der Waals surface area contributed by atoms with E-state index >= 15 is 0 Å². The van der Waals surface area contributed by atoms with E-state index < -0.39 is 0 Å². The van der Waals surface area contributed by atoms with Gasteiger partial charge in [0.1, 0.15) is 5.82 Å². The van der Waals surface area contributed by atoms with Gasteiger partial charge in [0, 0.05) is 6.54 Å². The minimum atomic E-state index is -0.140. The molecule has 5 heteroatoms. The van der Waals surface area contributed by atoms with Crippen molar-refractivity contribution in [3.05, 3.63) is 35.6 Å². The van der Waals surface area contributed by atoms with Crippen LogP contribution in [0.2, 0.25) is 0 Å². The largest absolute Gasteiger partial charge is 0.317 e. The highest BCUT2D eigenvalue weighted by atomic mass is 35.5. The SMILES string of the molecule is Cl.Cl.Fc1ccc(CN2CCC(C3CCNCC3)CC2)cc1. The van der Waals surface area contributed by atoms with E-state index in [-0.39, 0.29) is 30.6 Å². The molecule has 0 aromatic heterocycles. The summed E-state index contributed by atoms with van der Waals surface area (Å²) in [4.78, 5) is 2.52. The van der Waals surface area contributed by atoms with E-state index in [1.54, 1.807) is 12.1 Å². The van der Waals surface area contributed by atoms with Crippen molar-refractivity contribution in [1.29, 1.82) is 0 Å². The number of nitrogens with one attached hydrogen (secondary N) is 1. The van der Waals surface area contributed by atoms with Crippen molar-refractivity contribution in [3.8, 4) is 0 Å². The van der Waals surface area contributed by atoms with Crippen molar-refractivity contribution in [3.63, 3.8) is 0 Å². The van der Waals surface area contributed by atoms with Crippen LogP contribution in [0.25, 0.3) is 0 Å². The summed E-state index contributed by atoms with van der Waals surface area (Å²) in [6, 6.07) is 6.96. The van der Waals surface area contributed by atoms with Crippen LogP contribution in [0.5, 0.6) is 0 Å². The summed E-state index contributed by atoms with van der Waals surface area (Å²) >= 11 is 0. The van der Waals surface area contributed by atoms with Crippen LogP contribution in [0.1, 0.15) is 31.2 Å². The standard InChI is InChI=1S/C17H25FN2.2ClH/c18-17-3-1-14(2-4-17)13-20-11-7-16(8-12-20)15-5-9-19-10-6-15;;/h1-4,15-16,19H,5-13H2;2*1H. The number of nitrogens with zero attached hydrogens (tertiary/aromatic N) is 1. The number of halogens is 3. The van der Waals surface area contributed by atoms with E-state index in [2.05, 4.69) is 10.2 Å². The summed E-state index contributed by atoms with van der Waals surface area (Å²) in [6.45, 7) is 5.79. The minimum absolute atomic E-state index is 0. The predicted octanol–water partition coefficient (Wildman–Crippen LogP) is 3.88. The highest BCUT2D eigenvalue weighted by Gasteiger charge is 2.27. The maximum Gasteiger partial charge on any atom is 0.123 e. The first-order valence-electron chi connectivity index (χ1n) is 7.99. The van der Waals surface area contributed by atoms with Crippen molar-refractivity contribution in [1.82, 2.24) is 10.2 Å². The molecule has 0 bridgehead atoms. The molecule has 2 aliphatic heterocycles. The first kappa shape index (κ1) is 19.7. The molecule has 22 heavy (non-hydrogen) atoms. The van der Waals surface area contributed by atoms with E-state index in [0.717, 1.165) is 18.4 Å². The van der Waals surface area contributed by atoms with Gasteiger partial charge in [-0.3, -0.25) is 4.90 Å². The van der Waals surface area contributed by atoms with Gasteiger partial charge in [0.25, 0.3) is 0 Å². The molecule has 0 aliphatic carbocycles. The van der Waals surface area contributed by atoms with Gasteiger partial charge in [-0.2, -0.15) is 0 Å². The van der Waals surface area contributed by atoms with Crippen molar-refractivity contribution < 1.29 is 4.39 Å². The summed E-state index contributed by atoms with van der Waals surface area (Å²) < 4.78 is 12.9. The van der Waals surface area contributed by atoms with Gasteiger partial charge in [0.15, 0.2) is 0 Å². The lowest BCUT2D eigenvalue weighted by molar-refractivity contribution is 0.126. The Labute approximate surface area is 145 Å². The second-order valence-corrected chi connectivity index (χ2v) is 6.33. The Morgan fingerprint density at radius 2 is 1.45 bits per heavy atom. The lowest BCUT2D eigenvalue weighted by Crippen LogP contribution is -2.39. The molecular weight excluding hydrogens is 322 g/mol. The van der Waals surface area contributed by atoms with Gasteiger partial charge in [-0.1, -0.05) is 12.1 Å². The van der Waals surface area contributed by atoms with Gasteiger partial charge >= 0.3 is 0 Å². The average molecular weight is 349 g/mol. The number of likely N-dealkylation sites (tertiary alicyclic amines) is 1. The Kier molecular flexibility index (Phi) is 8.70. The first-order chi connectivity index (χ1) is 9.81. The molecule has 126 valence electrons. The fourth-order valence-corrected chi connectivity index (χ4v) is 3.75. The van der Waals surface area contributed by atoms with Crippen LogP contribution in [-0.2, 0) is 6.54 Å². The summed E-state index contributed by atoms with van der Waals surface area (Å²) in [7, 11) is 0. The Morgan fingerprint density at radius 3 is 2.05 bits per heavy atom. The van der Waals surface area contributed by atoms with Gasteiger partial charge in [-0.15, -0.1) is 24.8 Å². The second-order valence-electron chi connectivity index (χ2n) is 6.33. The smallest absolute Gasteiger partial charge is 0.123 e. The van der Waals surface area contributed by atoms with E-state index in [4.69, 9.17) is 0 Å². The highest BCUT2D eigenvalue weighted by molar-refractivity contribution is 5.85. The van der Waals surface area contributed by atoms with Gasteiger partial charge < -0.3 is 5.32 Å². The Morgan fingerprint density at radius 1 is 0.909 bits per heavy atom. The number of piperidine rings is 2. The molecule has 2 aliphatic rings. The van der Waals surface area contributed by atoms with Crippen LogP contribution in [0.15, 0.2) is 24.3 Å². The number of benzene rings is 1. The van der Waals surface area contributed by atoms with Crippen molar-refractivity contribution >= 4 is 24.8 Å². The lowest BCUT2D eigenvalue weighted by Gasteiger charge is -2.37. The number of rotatable bonds is 3. The quantitative estimate of drug-likeness (QED) is 0.891. The van der Waals surface area contributed by atoms with Crippen LogP contribution in [0.4, 0.5) is 4.39 Å². The molecule has 0 unspecified atom stereocenters. The second kappa shape index (κ2) is 9.71. The van der Waals surface area contributed by atoms with Crippen molar-refractivity contribution in [2.45, 2.75) is 32.2 Å². The van der Waals surface area contributed by atoms with E-state index in [0.29, 0.717) is 0 Å². The lowest BCUT2D eigenvalue weighted by atomic mass is 9.79. The summed E-state index contributed by atoms with van der Waals surface area (Å²) in [6.07, 6.45) is 5.41. The number of hydrogen-bond donors (Lipinski definition) is 1. The Balaban J connectivity index is 0.00000121. The van der Waals surface area contributed by atoms with Gasteiger partial charge in [0.2, 0.25) is 0 Å². The zero-order valence-electron chi connectivity index (χ0n) is 13.0. The van der Waals surface area contributed by atoms with E-state index in [1.165, 1.54) is 57.4 Å². The Hall–Kier alpha value is -0.350. The first-order valence-corrected chi connectivity index (χ1v) is 7.99. The van der Waals surface area contributed by atoms with Gasteiger partial charge in [-0.25, -0.2) is 4.39 Å². The third-order valence-corrected chi connectivity index (χ3v) is 5.00. The molecular formula is C17H27Cl2FN2. The molecule has 2 saturated heterocycles. The molecule has 0 atom stereocenters. The van der Waals surface area contributed by atoms with E-state index in [1.807, 2.05) is 12.1 Å². The summed E-state index contributed by atoms with van der Waals surface area (Å²) in [5.74, 6) is 1.74. The van der Waals surface area contributed by atoms with Crippen LogP contribution in [0, 0.1) is 17.7 Å². The normalized spacial score (nSPS) is 21.0. The van der Waals surface area contributed by atoms with Crippen molar-refractivity contribution in [2.24, 2.45) is 11.8 Å². The molecule has 2 fully saturated rings. The third kappa shape index (κ3) is 5.38. The zero-order valence-corrected chi connectivity index (χ0v) is 14.6. The summed E-state index contributed by atoms with van der Waals surface area (Å²) in [5, 5.41) is 3.46. The minimum Gasteiger partial charge on any atom is -0.317 e. The topological polar surface area (TPSA) is 15.3 Å². The van der Waals surface area contributed by atoms with Crippen LogP contribution < -0.4 is 5.32 Å². The zero-order chi connectivity index (χ0) is 13.8. The maximum atomic E-state index is 12.9.